The number of carbonyl (C=O) groups is 1. The topological polar surface area (TPSA) is 63.6 Å². The van der Waals surface area contributed by atoms with Crippen molar-refractivity contribution in [2.24, 2.45) is 4.99 Å². The number of nitrogens with one attached hydrogen (secondary N) is 1. The Morgan fingerprint density at radius 2 is 1.57 bits per heavy atom. The summed E-state index contributed by atoms with van der Waals surface area (Å²) in [5, 5.41) is 2.17. The smallest absolute Gasteiger partial charge is 0.412 e. The number of pyridine rings is 1. The number of amides is 1. The van der Waals surface area contributed by atoms with Crippen molar-refractivity contribution >= 4 is 34.8 Å². The minimum atomic E-state index is -0.838. The lowest BCUT2D eigenvalue weighted by atomic mass is 10.0. The largest absolute Gasteiger partial charge is 0.444 e. The van der Waals surface area contributed by atoms with E-state index < -0.39 is 17.5 Å². The molecule has 1 heterocycles. The Morgan fingerprint density at radius 1 is 1.03 bits per heavy atom. The highest BCUT2D eigenvalue weighted by atomic mass is 35.5. The standard InChI is InChI=1S/C23H21ClFN3O2/c1-23(2,3)30-22(29)27-17-14-26-21(24)18(25)20(17)28-19(15-10-6-4-7-11-15)16-12-8-5-9-13-16/h4-14H,1-3H3,(H,27,29). The van der Waals surface area contributed by atoms with E-state index >= 15 is 0 Å². The van der Waals surface area contributed by atoms with Crippen molar-refractivity contribution in [3.8, 4) is 0 Å². The minimum Gasteiger partial charge on any atom is -0.444 e. The zero-order valence-corrected chi connectivity index (χ0v) is 17.6. The van der Waals surface area contributed by atoms with Gasteiger partial charge >= 0.3 is 6.09 Å². The summed E-state index contributed by atoms with van der Waals surface area (Å²) in [6.45, 7) is 5.19. The minimum absolute atomic E-state index is 0.0514. The molecule has 0 saturated carbocycles. The number of nitrogens with zero attached hydrogens (tertiary/aromatic N) is 2. The van der Waals surface area contributed by atoms with Crippen molar-refractivity contribution in [1.29, 1.82) is 0 Å². The molecule has 0 atom stereocenters. The number of hydrogen-bond acceptors (Lipinski definition) is 4. The lowest BCUT2D eigenvalue weighted by molar-refractivity contribution is 0.0636. The summed E-state index contributed by atoms with van der Waals surface area (Å²) in [5.41, 5.74) is 1.27. The van der Waals surface area contributed by atoms with Gasteiger partial charge < -0.3 is 4.74 Å². The predicted octanol–water partition coefficient (Wildman–Crippen LogP) is 6.39. The van der Waals surface area contributed by atoms with E-state index in [0.717, 1.165) is 11.1 Å². The van der Waals surface area contributed by atoms with E-state index in [1.54, 1.807) is 20.8 Å². The summed E-state index contributed by atoms with van der Waals surface area (Å²) < 4.78 is 20.2. The molecular formula is C23H21ClFN3O2. The molecule has 0 aliphatic rings. The highest BCUT2D eigenvalue weighted by molar-refractivity contribution is 6.30. The lowest BCUT2D eigenvalue weighted by Gasteiger charge is -2.20. The van der Waals surface area contributed by atoms with Gasteiger partial charge in [0.1, 0.15) is 11.3 Å². The number of carbonyl (C=O) groups excluding carboxylic acids is 1. The molecule has 3 aromatic rings. The van der Waals surface area contributed by atoms with Gasteiger partial charge in [-0.25, -0.2) is 19.2 Å². The zero-order valence-electron chi connectivity index (χ0n) is 16.8. The third-order valence-electron chi connectivity index (χ3n) is 3.90. The van der Waals surface area contributed by atoms with Crippen LogP contribution in [0.15, 0.2) is 71.9 Å². The molecule has 0 radical (unpaired) electrons. The molecule has 0 fully saturated rings. The van der Waals surface area contributed by atoms with Crippen molar-refractivity contribution in [3.63, 3.8) is 0 Å². The molecule has 0 aliphatic carbocycles. The van der Waals surface area contributed by atoms with Gasteiger partial charge in [0.05, 0.1) is 17.6 Å². The summed E-state index contributed by atoms with van der Waals surface area (Å²) in [4.78, 5) is 20.6. The van der Waals surface area contributed by atoms with E-state index in [1.807, 2.05) is 60.7 Å². The Balaban J connectivity index is 2.13. The first kappa shape index (κ1) is 21.5. The second kappa shape index (κ2) is 9.05. The number of hydrogen-bond donors (Lipinski definition) is 1. The molecule has 0 spiro atoms. The number of aromatic nitrogens is 1. The van der Waals surface area contributed by atoms with Crippen LogP contribution in [-0.2, 0) is 4.74 Å². The number of benzene rings is 2. The van der Waals surface area contributed by atoms with Gasteiger partial charge in [-0.15, -0.1) is 0 Å². The second-order valence-electron chi connectivity index (χ2n) is 7.44. The van der Waals surface area contributed by atoms with E-state index in [2.05, 4.69) is 15.3 Å². The van der Waals surface area contributed by atoms with Crippen molar-refractivity contribution in [3.05, 3.63) is 89.0 Å². The molecule has 0 unspecified atom stereocenters. The predicted molar refractivity (Wildman–Crippen MR) is 117 cm³/mol. The summed E-state index contributed by atoms with van der Waals surface area (Å²) in [7, 11) is 0. The van der Waals surface area contributed by atoms with Crippen LogP contribution >= 0.6 is 11.6 Å². The Hall–Kier alpha value is -3.25. The van der Waals surface area contributed by atoms with Gasteiger partial charge in [0.15, 0.2) is 11.0 Å². The first-order valence-corrected chi connectivity index (χ1v) is 9.66. The van der Waals surface area contributed by atoms with Crippen LogP contribution in [0.4, 0.5) is 20.6 Å². The van der Waals surface area contributed by atoms with Gasteiger partial charge in [-0.1, -0.05) is 72.3 Å². The third kappa shape index (κ3) is 5.42. The van der Waals surface area contributed by atoms with Crippen LogP contribution in [0.1, 0.15) is 31.9 Å². The molecule has 0 aliphatic heterocycles. The van der Waals surface area contributed by atoms with Crippen molar-refractivity contribution in [2.45, 2.75) is 26.4 Å². The van der Waals surface area contributed by atoms with Crippen LogP contribution in [0.25, 0.3) is 0 Å². The SMILES string of the molecule is CC(C)(C)OC(=O)Nc1cnc(Cl)c(F)c1N=C(c1ccccc1)c1ccccc1. The van der Waals surface area contributed by atoms with Crippen LogP contribution in [0.3, 0.4) is 0 Å². The molecule has 30 heavy (non-hydrogen) atoms. The van der Waals surface area contributed by atoms with Crippen molar-refractivity contribution < 1.29 is 13.9 Å². The molecule has 1 N–H and O–H groups in total. The van der Waals surface area contributed by atoms with E-state index in [9.17, 15) is 9.18 Å². The summed E-state index contributed by atoms with van der Waals surface area (Å²) >= 11 is 5.90. The molecule has 1 aromatic heterocycles. The van der Waals surface area contributed by atoms with Crippen molar-refractivity contribution in [1.82, 2.24) is 4.98 Å². The van der Waals surface area contributed by atoms with Crippen LogP contribution in [-0.4, -0.2) is 22.4 Å². The maximum atomic E-state index is 14.9. The molecule has 2 aromatic carbocycles. The quantitative estimate of drug-likeness (QED) is 0.389. The number of anilines is 1. The number of aliphatic imine (C=N–C) groups is 1. The average Bonchev–Trinajstić information content (AvgIpc) is 2.70. The first-order valence-electron chi connectivity index (χ1n) is 9.28. The summed E-state index contributed by atoms with van der Waals surface area (Å²) in [5.74, 6) is -0.838. The average molecular weight is 426 g/mol. The Kier molecular flexibility index (Phi) is 6.47. The van der Waals surface area contributed by atoms with Crippen LogP contribution in [0.5, 0.6) is 0 Å². The zero-order chi connectivity index (χ0) is 21.7. The van der Waals surface area contributed by atoms with E-state index in [1.165, 1.54) is 6.20 Å². The maximum Gasteiger partial charge on any atom is 0.412 e. The van der Waals surface area contributed by atoms with E-state index in [-0.39, 0.29) is 16.5 Å². The Labute approximate surface area is 179 Å². The van der Waals surface area contributed by atoms with Gasteiger partial charge in [-0.05, 0) is 20.8 Å². The second-order valence-corrected chi connectivity index (χ2v) is 7.80. The summed E-state index contributed by atoms with van der Waals surface area (Å²) in [6, 6.07) is 18.7. The van der Waals surface area contributed by atoms with E-state index in [4.69, 9.17) is 16.3 Å². The number of ether oxygens (including phenoxy) is 1. The first-order chi connectivity index (χ1) is 14.2. The molecule has 3 rings (SSSR count). The van der Waals surface area contributed by atoms with Gasteiger partial charge in [0, 0.05) is 11.1 Å². The number of rotatable bonds is 4. The monoisotopic (exact) mass is 425 g/mol. The molecule has 7 heteroatoms. The van der Waals surface area contributed by atoms with E-state index in [0.29, 0.717) is 5.71 Å². The molecular weight excluding hydrogens is 405 g/mol. The fourth-order valence-corrected chi connectivity index (χ4v) is 2.81. The fraction of sp³-hybridized carbons (Fsp3) is 0.174. The van der Waals surface area contributed by atoms with Gasteiger partial charge in [-0.2, -0.15) is 0 Å². The maximum absolute atomic E-state index is 14.9. The molecule has 1 amide bonds. The van der Waals surface area contributed by atoms with Crippen molar-refractivity contribution in [2.75, 3.05) is 5.32 Å². The van der Waals surface area contributed by atoms with Crippen LogP contribution in [0.2, 0.25) is 5.15 Å². The lowest BCUT2D eigenvalue weighted by Crippen LogP contribution is -2.27. The highest BCUT2D eigenvalue weighted by Gasteiger charge is 2.21. The van der Waals surface area contributed by atoms with Gasteiger partial charge in [-0.3, -0.25) is 5.32 Å². The van der Waals surface area contributed by atoms with Gasteiger partial charge in [0.25, 0.3) is 0 Å². The Bertz CT molecular complexity index is 1020. The fourth-order valence-electron chi connectivity index (χ4n) is 2.67. The highest BCUT2D eigenvalue weighted by Crippen LogP contribution is 2.33. The number of halogens is 2. The molecule has 0 saturated heterocycles. The summed E-state index contributed by atoms with van der Waals surface area (Å²) in [6.07, 6.45) is 0.505. The van der Waals surface area contributed by atoms with Crippen LogP contribution in [0, 0.1) is 5.82 Å². The molecule has 5 nitrogen and oxygen atoms in total. The molecule has 154 valence electrons. The molecule has 0 bridgehead atoms. The normalized spacial score (nSPS) is 11.0. The van der Waals surface area contributed by atoms with Crippen LogP contribution < -0.4 is 5.32 Å². The Morgan fingerprint density at radius 3 is 2.07 bits per heavy atom. The third-order valence-corrected chi connectivity index (χ3v) is 4.17. The van der Waals surface area contributed by atoms with Gasteiger partial charge in [0.2, 0.25) is 0 Å².